The Bertz CT molecular complexity index is 376. The van der Waals surface area contributed by atoms with Crippen LogP contribution in [-0.2, 0) is 4.79 Å². The van der Waals surface area contributed by atoms with E-state index in [1.807, 2.05) is 6.08 Å². The first kappa shape index (κ1) is 11.1. The molecule has 0 bridgehead atoms. The van der Waals surface area contributed by atoms with Crippen LogP contribution < -0.4 is 0 Å². The molecule has 1 atom stereocenters. The normalized spacial score (nSPS) is 34.3. The molecule has 0 aromatic heterocycles. The van der Waals surface area contributed by atoms with Crippen LogP contribution in [0.5, 0.6) is 0 Å². The van der Waals surface area contributed by atoms with Gasteiger partial charge in [-0.05, 0) is 47.2 Å². The van der Waals surface area contributed by atoms with Gasteiger partial charge in [-0.25, -0.2) is 0 Å². The SMILES string of the molecule is CC1(C)CCCC2(C)C(=O)C(Br)=CC=C12. The highest BCUT2D eigenvalue weighted by molar-refractivity contribution is 9.12. The molecule has 0 saturated heterocycles. The van der Waals surface area contributed by atoms with Crippen molar-refractivity contribution in [2.75, 3.05) is 0 Å². The summed E-state index contributed by atoms with van der Waals surface area (Å²) < 4.78 is 0.728. The van der Waals surface area contributed by atoms with Gasteiger partial charge in [-0.15, -0.1) is 0 Å². The Labute approximate surface area is 99.8 Å². The van der Waals surface area contributed by atoms with Crippen LogP contribution in [0, 0.1) is 10.8 Å². The second-order valence-corrected chi connectivity index (χ2v) is 6.35. The van der Waals surface area contributed by atoms with Gasteiger partial charge in [-0.2, -0.15) is 0 Å². The summed E-state index contributed by atoms with van der Waals surface area (Å²) in [6.45, 7) is 6.59. The van der Waals surface area contributed by atoms with Crippen LogP contribution >= 0.6 is 15.9 Å². The third-order valence-electron chi connectivity index (χ3n) is 3.92. The molecule has 0 aromatic carbocycles. The van der Waals surface area contributed by atoms with Crippen molar-refractivity contribution in [3.63, 3.8) is 0 Å². The molecule has 1 fully saturated rings. The fourth-order valence-electron chi connectivity index (χ4n) is 3.04. The minimum Gasteiger partial charge on any atom is -0.293 e. The molecule has 0 aliphatic heterocycles. The fourth-order valence-corrected chi connectivity index (χ4v) is 3.61. The zero-order chi connectivity index (χ0) is 11.3. The molecule has 2 aliphatic carbocycles. The largest absolute Gasteiger partial charge is 0.293 e. The maximum atomic E-state index is 12.2. The Kier molecular flexibility index (Phi) is 2.45. The fraction of sp³-hybridized carbons (Fsp3) is 0.615. The van der Waals surface area contributed by atoms with Crippen molar-refractivity contribution in [3.05, 3.63) is 22.2 Å². The van der Waals surface area contributed by atoms with Gasteiger partial charge in [0.25, 0.3) is 0 Å². The highest BCUT2D eigenvalue weighted by Gasteiger charge is 2.47. The third kappa shape index (κ3) is 1.54. The molecule has 1 unspecified atom stereocenters. The maximum Gasteiger partial charge on any atom is 0.179 e. The van der Waals surface area contributed by atoms with Gasteiger partial charge in [-0.3, -0.25) is 4.79 Å². The number of ketones is 1. The lowest BCUT2D eigenvalue weighted by Crippen LogP contribution is -2.41. The molecule has 2 rings (SSSR count). The van der Waals surface area contributed by atoms with Gasteiger partial charge in [0, 0.05) is 0 Å². The predicted octanol–water partition coefficient (Wildman–Crippen LogP) is 3.99. The number of halogens is 1. The van der Waals surface area contributed by atoms with E-state index in [2.05, 4.69) is 42.8 Å². The molecule has 15 heavy (non-hydrogen) atoms. The van der Waals surface area contributed by atoms with Crippen LogP contribution in [0.2, 0.25) is 0 Å². The highest BCUT2D eigenvalue weighted by Crippen LogP contribution is 2.53. The zero-order valence-electron chi connectivity index (χ0n) is 9.56. The van der Waals surface area contributed by atoms with E-state index in [9.17, 15) is 4.79 Å². The Balaban J connectivity index is 2.54. The third-order valence-corrected chi connectivity index (χ3v) is 4.54. The first-order chi connectivity index (χ1) is 6.88. The van der Waals surface area contributed by atoms with E-state index >= 15 is 0 Å². The average Bonchev–Trinajstić information content (AvgIpc) is 2.12. The summed E-state index contributed by atoms with van der Waals surface area (Å²) in [5, 5.41) is 0. The van der Waals surface area contributed by atoms with Crippen LogP contribution in [0.3, 0.4) is 0 Å². The smallest absolute Gasteiger partial charge is 0.179 e. The highest BCUT2D eigenvalue weighted by atomic mass is 79.9. The molecule has 0 spiro atoms. The van der Waals surface area contributed by atoms with Crippen molar-refractivity contribution in [1.82, 2.24) is 0 Å². The molecule has 0 N–H and O–H groups in total. The van der Waals surface area contributed by atoms with Gasteiger partial charge in [0.05, 0.1) is 9.90 Å². The standard InChI is InChI=1S/C13H17BrO/c1-12(2)7-4-8-13(3)10(12)6-5-9(14)11(13)15/h5-6H,4,7-8H2,1-3H3. The number of hydrogen-bond donors (Lipinski definition) is 0. The summed E-state index contributed by atoms with van der Waals surface area (Å²) in [4.78, 5) is 12.2. The molecule has 2 heteroatoms. The molecular formula is C13H17BrO. The molecule has 0 radical (unpaired) electrons. The lowest BCUT2D eigenvalue weighted by Gasteiger charge is -2.46. The van der Waals surface area contributed by atoms with Crippen LogP contribution in [0.4, 0.5) is 0 Å². The summed E-state index contributed by atoms with van der Waals surface area (Å²) in [5.74, 6) is 0.257. The number of Topliss-reactive ketones (excluding diaryl/α,β-unsaturated/α-hetero) is 1. The van der Waals surface area contributed by atoms with Gasteiger partial charge >= 0.3 is 0 Å². The molecule has 2 aliphatic rings. The molecular weight excluding hydrogens is 252 g/mol. The van der Waals surface area contributed by atoms with Crippen molar-refractivity contribution < 1.29 is 4.79 Å². The van der Waals surface area contributed by atoms with Crippen LogP contribution in [0.25, 0.3) is 0 Å². The molecule has 0 aromatic rings. The summed E-state index contributed by atoms with van der Waals surface area (Å²) >= 11 is 3.36. The van der Waals surface area contributed by atoms with Gasteiger partial charge in [0.2, 0.25) is 0 Å². The maximum absolute atomic E-state index is 12.2. The van der Waals surface area contributed by atoms with Crippen molar-refractivity contribution in [3.8, 4) is 0 Å². The van der Waals surface area contributed by atoms with E-state index in [4.69, 9.17) is 0 Å². The first-order valence-electron chi connectivity index (χ1n) is 5.51. The van der Waals surface area contributed by atoms with Crippen molar-refractivity contribution >= 4 is 21.7 Å². The topological polar surface area (TPSA) is 17.1 Å². The van der Waals surface area contributed by atoms with Crippen molar-refractivity contribution in [1.29, 1.82) is 0 Å². The van der Waals surface area contributed by atoms with Crippen LogP contribution in [0.15, 0.2) is 22.2 Å². The van der Waals surface area contributed by atoms with Crippen molar-refractivity contribution in [2.45, 2.75) is 40.0 Å². The summed E-state index contributed by atoms with van der Waals surface area (Å²) in [7, 11) is 0. The van der Waals surface area contributed by atoms with Crippen LogP contribution in [-0.4, -0.2) is 5.78 Å². The lowest BCUT2D eigenvalue weighted by atomic mass is 9.57. The number of rotatable bonds is 0. The number of hydrogen-bond acceptors (Lipinski definition) is 1. The Morgan fingerprint density at radius 2 is 1.87 bits per heavy atom. The van der Waals surface area contributed by atoms with E-state index < -0.39 is 0 Å². The second kappa shape index (κ2) is 3.31. The molecule has 1 nitrogen and oxygen atoms in total. The predicted molar refractivity (Wildman–Crippen MR) is 65.8 cm³/mol. The number of carbonyl (C=O) groups is 1. The number of carbonyl (C=O) groups excluding carboxylic acids is 1. The minimum atomic E-state index is -0.255. The van der Waals surface area contributed by atoms with Gasteiger partial charge < -0.3 is 0 Å². The number of allylic oxidation sites excluding steroid dienone is 4. The van der Waals surface area contributed by atoms with E-state index in [1.165, 1.54) is 12.0 Å². The van der Waals surface area contributed by atoms with Gasteiger partial charge in [-0.1, -0.05) is 31.9 Å². The molecule has 82 valence electrons. The van der Waals surface area contributed by atoms with Crippen LogP contribution in [0.1, 0.15) is 40.0 Å². The molecule has 1 saturated carbocycles. The Morgan fingerprint density at radius 3 is 2.53 bits per heavy atom. The van der Waals surface area contributed by atoms with E-state index in [-0.39, 0.29) is 16.6 Å². The summed E-state index contributed by atoms with van der Waals surface area (Å²) in [5.41, 5.74) is 1.23. The molecule has 0 heterocycles. The van der Waals surface area contributed by atoms with Gasteiger partial charge in [0.15, 0.2) is 5.78 Å². The van der Waals surface area contributed by atoms with Crippen molar-refractivity contribution in [2.24, 2.45) is 10.8 Å². The molecule has 0 amide bonds. The number of fused-ring (bicyclic) bond motifs is 1. The van der Waals surface area contributed by atoms with E-state index in [1.54, 1.807) is 0 Å². The zero-order valence-corrected chi connectivity index (χ0v) is 11.1. The lowest BCUT2D eigenvalue weighted by molar-refractivity contribution is -0.123. The Hall–Kier alpha value is -0.370. The first-order valence-corrected chi connectivity index (χ1v) is 6.30. The minimum absolute atomic E-state index is 0.173. The van der Waals surface area contributed by atoms with E-state index in [0.29, 0.717) is 0 Å². The van der Waals surface area contributed by atoms with Gasteiger partial charge in [0.1, 0.15) is 0 Å². The quantitative estimate of drug-likeness (QED) is 0.649. The monoisotopic (exact) mass is 268 g/mol. The van der Waals surface area contributed by atoms with E-state index in [0.717, 1.165) is 17.3 Å². The second-order valence-electron chi connectivity index (χ2n) is 5.49. The summed E-state index contributed by atoms with van der Waals surface area (Å²) in [6.07, 6.45) is 7.38. The Morgan fingerprint density at radius 1 is 1.20 bits per heavy atom. The average molecular weight is 269 g/mol. The summed E-state index contributed by atoms with van der Waals surface area (Å²) in [6, 6.07) is 0.